The van der Waals surface area contributed by atoms with E-state index in [0.717, 1.165) is 5.56 Å². The molecule has 0 unspecified atom stereocenters. The SMILES string of the molecule is CNCc1cc(Cl)cc(S(=O)(=O)NCc2cscn2)c1C. The van der Waals surface area contributed by atoms with E-state index >= 15 is 0 Å². The van der Waals surface area contributed by atoms with Gasteiger partial charge in [-0.05, 0) is 37.2 Å². The van der Waals surface area contributed by atoms with Crippen LogP contribution in [0.4, 0.5) is 0 Å². The van der Waals surface area contributed by atoms with Gasteiger partial charge < -0.3 is 5.32 Å². The monoisotopic (exact) mass is 345 g/mol. The maximum absolute atomic E-state index is 12.4. The Hall–Kier alpha value is -0.990. The molecule has 0 saturated heterocycles. The fourth-order valence-electron chi connectivity index (χ4n) is 1.93. The van der Waals surface area contributed by atoms with Crippen molar-refractivity contribution in [3.63, 3.8) is 0 Å². The van der Waals surface area contributed by atoms with Crippen molar-refractivity contribution in [1.82, 2.24) is 15.0 Å². The summed E-state index contributed by atoms with van der Waals surface area (Å²) in [4.78, 5) is 4.26. The normalized spacial score (nSPS) is 11.8. The molecule has 5 nitrogen and oxygen atoms in total. The van der Waals surface area contributed by atoms with Gasteiger partial charge in [-0.1, -0.05) is 11.6 Å². The number of halogens is 1. The molecular weight excluding hydrogens is 330 g/mol. The summed E-state index contributed by atoms with van der Waals surface area (Å²) < 4.78 is 27.4. The smallest absolute Gasteiger partial charge is 0.241 e. The van der Waals surface area contributed by atoms with Crippen LogP contribution in [0.3, 0.4) is 0 Å². The molecule has 0 fully saturated rings. The maximum atomic E-state index is 12.4. The highest BCUT2D eigenvalue weighted by atomic mass is 35.5. The van der Waals surface area contributed by atoms with Crippen LogP contribution in [-0.4, -0.2) is 20.4 Å². The second-order valence-corrected chi connectivity index (χ2v) is 7.41. The first kappa shape index (κ1) is 16.4. The lowest BCUT2D eigenvalue weighted by Gasteiger charge is -2.13. The summed E-state index contributed by atoms with van der Waals surface area (Å²) in [6.07, 6.45) is 0. The van der Waals surface area contributed by atoms with E-state index in [4.69, 9.17) is 11.6 Å². The number of aromatic nitrogens is 1. The summed E-state index contributed by atoms with van der Waals surface area (Å²) in [5.41, 5.74) is 3.91. The molecule has 0 bridgehead atoms. The van der Waals surface area contributed by atoms with Crippen molar-refractivity contribution in [2.75, 3.05) is 7.05 Å². The Labute approximate surface area is 133 Å². The van der Waals surface area contributed by atoms with E-state index in [0.29, 0.717) is 22.8 Å². The first-order valence-electron chi connectivity index (χ1n) is 6.24. The molecule has 1 aromatic carbocycles. The fourth-order valence-corrected chi connectivity index (χ4v) is 4.11. The van der Waals surface area contributed by atoms with E-state index in [-0.39, 0.29) is 11.4 Å². The van der Waals surface area contributed by atoms with E-state index in [1.807, 2.05) is 0 Å². The third-order valence-corrected chi connectivity index (χ3v) is 5.40. The van der Waals surface area contributed by atoms with Crippen molar-refractivity contribution in [2.45, 2.75) is 24.9 Å². The van der Waals surface area contributed by atoms with Gasteiger partial charge in [0.1, 0.15) is 0 Å². The van der Waals surface area contributed by atoms with Crippen molar-refractivity contribution in [3.05, 3.63) is 44.9 Å². The molecule has 2 aromatic rings. The molecular formula is C13H16ClN3O2S2. The average molecular weight is 346 g/mol. The van der Waals surface area contributed by atoms with Gasteiger partial charge in [0.05, 0.1) is 22.6 Å². The zero-order valence-electron chi connectivity index (χ0n) is 11.7. The van der Waals surface area contributed by atoms with Crippen LogP contribution in [-0.2, 0) is 23.1 Å². The van der Waals surface area contributed by atoms with Gasteiger partial charge in [0, 0.05) is 16.9 Å². The number of sulfonamides is 1. The van der Waals surface area contributed by atoms with Gasteiger partial charge in [0.25, 0.3) is 0 Å². The topological polar surface area (TPSA) is 71.1 Å². The van der Waals surface area contributed by atoms with E-state index in [1.54, 1.807) is 30.9 Å². The summed E-state index contributed by atoms with van der Waals surface area (Å²) >= 11 is 7.46. The van der Waals surface area contributed by atoms with Gasteiger partial charge >= 0.3 is 0 Å². The molecule has 0 aliphatic heterocycles. The van der Waals surface area contributed by atoms with Gasteiger partial charge in [-0.25, -0.2) is 18.1 Å². The van der Waals surface area contributed by atoms with E-state index < -0.39 is 10.0 Å². The van der Waals surface area contributed by atoms with E-state index in [2.05, 4.69) is 15.0 Å². The molecule has 2 N–H and O–H groups in total. The van der Waals surface area contributed by atoms with Crippen molar-refractivity contribution in [2.24, 2.45) is 0 Å². The molecule has 0 aliphatic rings. The van der Waals surface area contributed by atoms with Crippen molar-refractivity contribution in [1.29, 1.82) is 0 Å². The molecule has 0 saturated carbocycles. The zero-order valence-corrected chi connectivity index (χ0v) is 14.1. The average Bonchev–Trinajstić information content (AvgIpc) is 2.94. The van der Waals surface area contributed by atoms with Crippen LogP contribution in [0, 0.1) is 6.92 Å². The Morgan fingerprint density at radius 1 is 1.33 bits per heavy atom. The lowest BCUT2D eigenvalue weighted by Crippen LogP contribution is -2.24. The van der Waals surface area contributed by atoms with Crippen LogP contribution >= 0.6 is 22.9 Å². The minimum atomic E-state index is -3.63. The highest BCUT2D eigenvalue weighted by Gasteiger charge is 2.19. The van der Waals surface area contributed by atoms with Crippen molar-refractivity contribution < 1.29 is 8.42 Å². The molecule has 114 valence electrons. The second kappa shape index (κ2) is 6.85. The maximum Gasteiger partial charge on any atom is 0.241 e. The number of rotatable bonds is 6. The number of nitrogens with zero attached hydrogens (tertiary/aromatic N) is 1. The van der Waals surface area contributed by atoms with Gasteiger partial charge in [0.2, 0.25) is 10.0 Å². The molecule has 0 amide bonds. The summed E-state index contributed by atoms with van der Waals surface area (Å²) in [6.45, 7) is 2.50. The van der Waals surface area contributed by atoms with E-state index in [9.17, 15) is 8.42 Å². The highest BCUT2D eigenvalue weighted by molar-refractivity contribution is 7.89. The molecule has 1 heterocycles. The summed E-state index contributed by atoms with van der Waals surface area (Å²) in [5, 5.41) is 5.21. The zero-order chi connectivity index (χ0) is 15.5. The summed E-state index contributed by atoms with van der Waals surface area (Å²) in [5.74, 6) is 0. The predicted molar refractivity (Wildman–Crippen MR) is 85.1 cm³/mol. The molecule has 0 radical (unpaired) electrons. The minimum absolute atomic E-state index is 0.166. The lowest BCUT2D eigenvalue weighted by molar-refractivity contribution is 0.579. The Morgan fingerprint density at radius 3 is 2.71 bits per heavy atom. The van der Waals surface area contributed by atoms with Gasteiger partial charge in [-0.15, -0.1) is 11.3 Å². The first-order chi connectivity index (χ1) is 9.94. The number of thiazole rings is 1. The molecule has 0 atom stereocenters. The lowest BCUT2D eigenvalue weighted by atomic mass is 10.1. The highest BCUT2D eigenvalue weighted by Crippen LogP contribution is 2.24. The Bertz CT molecular complexity index is 715. The molecule has 21 heavy (non-hydrogen) atoms. The fraction of sp³-hybridized carbons (Fsp3) is 0.308. The van der Waals surface area contributed by atoms with Crippen molar-refractivity contribution >= 4 is 33.0 Å². The number of nitrogens with one attached hydrogen (secondary N) is 2. The van der Waals surface area contributed by atoms with Gasteiger partial charge in [-0.2, -0.15) is 0 Å². The third-order valence-electron chi connectivity index (χ3n) is 3.02. The van der Waals surface area contributed by atoms with Crippen LogP contribution in [0.25, 0.3) is 0 Å². The Kier molecular flexibility index (Phi) is 5.34. The summed E-state index contributed by atoms with van der Waals surface area (Å²) in [6, 6.07) is 3.24. The molecule has 0 aliphatic carbocycles. The van der Waals surface area contributed by atoms with Gasteiger partial charge in [-0.3, -0.25) is 0 Å². The van der Waals surface area contributed by atoms with E-state index in [1.165, 1.54) is 17.4 Å². The molecule has 8 heteroatoms. The Balaban J connectivity index is 2.30. The minimum Gasteiger partial charge on any atom is -0.316 e. The first-order valence-corrected chi connectivity index (χ1v) is 9.05. The molecule has 1 aromatic heterocycles. The number of hydrogen-bond donors (Lipinski definition) is 2. The molecule has 2 rings (SSSR count). The van der Waals surface area contributed by atoms with Crippen LogP contribution in [0.1, 0.15) is 16.8 Å². The van der Waals surface area contributed by atoms with Crippen LogP contribution in [0.2, 0.25) is 5.02 Å². The van der Waals surface area contributed by atoms with Crippen LogP contribution < -0.4 is 10.0 Å². The van der Waals surface area contributed by atoms with Crippen LogP contribution in [0.5, 0.6) is 0 Å². The molecule has 0 spiro atoms. The van der Waals surface area contributed by atoms with Crippen molar-refractivity contribution in [3.8, 4) is 0 Å². The van der Waals surface area contributed by atoms with Crippen LogP contribution in [0.15, 0.2) is 27.9 Å². The quantitative estimate of drug-likeness (QED) is 0.842. The Morgan fingerprint density at radius 2 is 2.10 bits per heavy atom. The second-order valence-electron chi connectivity index (χ2n) is 4.52. The van der Waals surface area contributed by atoms with Gasteiger partial charge in [0.15, 0.2) is 0 Å². The predicted octanol–water partition coefficient (Wildman–Crippen LogP) is 2.30. The third kappa shape index (κ3) is 4.02. The largest absolute Gasteiger partial charge is 0.316 e. The number of benzene rings is 1. The standard InChI is InChI=1S/C13H16ClN3O2S2/c1-9-10(5-15-2)3-11(14)4-13(9)21(18,19)17-6-12-7-20-8-16-12/h3-4,7-8,15,17H,5-6H2,1-2H3. The number of hydrogen-bond acceptors (Lipinski definition) is 5. The summed E-state index contributed by atoms with van der Waals surface area (Å²) in [7, 11) is -1.83.